The SMILES string of the molecule is O=C1CCCC2=C1C[C@@H]1CCCN[C@@H]1C2. The predicted molar refractivity (Wildman–Crippen MR) is 59.6 cm³/mol. The highest BCUT2D eigenvalue weighted by molar-refractivity contribution is 5.97. The van der Waals surface area contributed by atoms with E-state index in [1.54, 1.807) is 0 Å². The molecule has 3 rings (SSSR count). The standard InChI is InChI=1S/C13H19NO/c15-13-5-1-3-9-8-12-10(7-11(9)13)4-2-6-14-12/h10,12,14H,1-8H2/t10-,12+/m0/s1. The van der Waals surface area contributed by atoms with Crippen LogP contribution in [-0.4, -0.2) is 18.4 Å². The second kappa shape index (κ2) is 3.75. The van der Waals surface area contributed by atoms with Gasteiger partial charge in [-0.3, -0.25) is 4.79 Å². The van der Waals surface area contributed by atoms with Crippen LogP contribution >= 0.6 is 0 Å². The van der Waals surface area contributed by atoms with E-state index in [0.29, 0.717) is 11.8 Å². The highest BCUT2D eigenvalue weighted by Crippen LogP contribution is 2.39. The van der Waals surface area contributed by atoms with Crippen molar-refractivity contribution in [1.82, 2.24) is 5.32 Å². The highest BCUT2D eigenvalue weighted by atomic mass is 16.1. The molecule has 1 saturated heterocycles. The van der Waals surface area contributed by atoms with Crippen molar-refractivity contribution >= 4 is 5.78 Å². The van der Waals surface area contributed by atoms with Gasteiger partial charge >= 0.3 is 0 Å². The first-order valence-corrected chi connectivity index (χ1v) is 6.32. The number of fused-ring (bicyclic) bond motifs is 1. The summed E-state index contributed by atoms with van der Waals surface area (Å²) in [6, 6.07) is 0.684. The third-order valence-corrected chi connectivity index (χ3v) is 4.31. The van der Waals surface area contributed by atoms with Crippen LogP contribution in [0.4, 0.5) is 0 Å². The molecule has 0 radical (unpaired) electrons. The van der Waals surface area contributed by atoms with E-state index in [-0.39, 0.29) is 0 Å². The lowest BCUT2D eigenvalue weighted by Gasteiger charge is -2.39. The van der Waals surface area contributed by atoms with Crippen molar-refractivity contribution in [3.8, 4) is 0 Å². The Morgan fingerprint density at radius 3 is 3.00 bits per heavy atom. The van der Waals surface area contributed by atoms with Crippen molar-refractivity contribution in [1.29, 1.82) is 0 Å². The lowest BCUT2D eigenvalue weighted by Crippen LogP contribution is -2.44. The van der Waals surface area contributed by atoms with Gasteiger partial charge in [-0.05, 0) is 56.6 Å². The number of allylic oxidation sites excluding steroid dienone is 1. The Balaban J connectivity index is 1.86. The number of ketones is 1. The van der Waals surface area contributed by atoms with Crippen LogP contribution in [0.25, 0.3) is 0 Å². The van der Waals surface area contributed by atoms with E-state index in [0.717, 1.165) is 31.6 Å². The van der Waals surface area contributed by atoms with E-state index in [4.69, 9.17) is 0 Å². The number of carbonyl (C=O) groups is 1. The largest absolute Gasteiger partial charge is 0.313 e. The summed E-state index contributed by atoms with van der Waals surface area (Å²) in [5.74, 6) is 1.21. The zero-order chi connectivity index (χ0) is 10.3. The third-order valence-electron chi connectivity index (χ3n) is 4.31. The first kappa shape index (κ1) is 9.59. The summed E-state index contributed by atoms with van der Waals surface area (Å²) in [5, 5.41) is 3.62. The summed E-state index contributed by atoms with van der Waals surface area (Å²) in [4.78, 5) is 11.8. The predicted octanol–water partition coefficient (Wildman–Crippen LogP) is 2.20. The molecule has 1 fully saturated rings. The molecule has 0 aromatic heterocycles. The molecule has 1 aliphatic heterocycles. The van der Waals surface area contributed by atoms with Crippen molar-refractivity contribution in [2.75, 3.05) is 6.54 Å². The first-order chi connectivity index (χ1) is 7.34. The molecule has 3 aliphatic rings. The summed E-state index contributed by atoms with van der Waals surface area (Å²) in [6.07, 6.45) is 7.93. The zero-order valence-corrected chi connectivity index (χ0v) is 9.22. The molecule has 2 nitrogen and oxygen atoms in total. The molecular weight excluding hydrogens is 186 g/mol. The van der Waals surface area contributed by atoms with E-state index < -0.39 is 0 Å². The van der Waals surface area contributed by atoms with Gasteiger partial charge in [-0.2, -0.15) is 0 Å². The Hall–Kier alpha value is -0.630. The average Bonchev–Trinajstić information content (AvgIpc) is 2.27. The molecule has 0 unspecified atom stereocenters. The lowest BCUT2D eigenvalue weighted by atomic mass is 9.72. The van der Waals surface area contributed by atoms with Crippen LogP contribution in [0.3, 0.4) is 0 Å². The quantitative estimate of drug-likeness (QED) is 0.657. The van der Waals surface area contributed by atoms with Gasteiger partial charge in [-0.25, -0.2) is 0 Å². The molecule has 0 saturated carbocycles. The van der Waals surface area contributed by atoms with Crippen LogP contribution in [0.15, 0.2) is 11.1 Å². The van der Waals surface area contributed by atoms with Crippen molar-refractivity contribution < 1.29 is 4.79 Å². The van der Waals surface area contributed by atoms with E-state index in [2.05, 4.69) is 5.32 Å². The van der Waals surface area contributed by atoms with Gasteiger partial charge in [-0.1, -0.05) is 5.57 Å². The fourth-order valence-electron chi connectivity index (χ4n) is 3.48. The Bertz CT molecular complexity index is 318. The summed E-state index contributed by atoms with van der Waals surface area (Å²) in [7, 11) is 0. The van der Waals surface area contributed by atoms with Crippen molar-refractivity contribution in [3.05, 3.63) is 11.1 Å². The molecule has 0 aromatic carbocycles. The number of carbonyl (C=O) groups excluding carboxylic acids is 1. The van der Waals surface area contributed by atoms with Gasteiger partial charge in [0.1, 0.15) is 0 Å². The molecule has 2 heteroatoms. The van der Waals surface area contributed by atoms with Gasteiger partial charge in [0, 0.05) is 12.5 Å². The van der Waals surface area contributed by atoms with Crippen LogP contribution in [0.5, 0.6) is 0 Å². The lowest BCUT2D eigenvalue weighted by molar-refractivity contribution is -0.116. The maximum absolute atomic E-state index is 11.8. The monoisotopic (exact) mass is 205 g/mol. The fourth-order valence-corrected chi connectivity index (χ4v) is 3.48. The molecule has 2 aliphatic carbocycles. The molecule has 1 heterocycles. The molecule has 0 bridgehead atoms. The van der Waals surface area contributed by atoms with Crippen LogP contribution < -0.4 is 5.32 Å². The van der Waals surface area contributed by atoms with Gasteiger partial charge in [-0.15, -0.1) is 0 Å². The second-order valence-corrected chi connectivity index (χ2v) is 5.23. The van der Waals surface area contributed by atoms with Gasteiger partial charge in [0.15, 0.2) is 5.78 Å². The van der Waals surface area contributed by atoms with Gasteiger partial charge in [0.2, 0.25) is 0 Å². The number of nitrogens with one attached hydrogen (secondary N) is 1. The molecule has 15 heavy (non-hydrogen) atoms. The van der Waals surface area contributed by atoms with E-state index in [1.165, 1.54) is 37.0 Å². The van der Waals surface area contributed by atoms with E-state index >= 15 is 0 Å². The first-order valence-electron chi connectivity index (χ1n) is 6.32. The molecule has 82 valence electrons. The smallest absolute Gasteiger partial charge is 0.158 e. The molecule has 0 spiro atoms. The number of hydrogen-bond donors (Lipinski definition) is 1. The molecule has 2 atom stereocenters. The van der Waals surface area contributed by atoms with E-state index in [1.807, 2.05) is 0 Å². The Kier molecular flexibility index (Phi) is 2.39. The minimum Gasteiger partial charge on any atom is -0.313 e. The minimum absolute atomic E-state index is 0.459. The zero-order valence-electron chi connectivity index (χ0n) is 9.22. The topological polar surface area (TPSA) is 29.1 Å². The number of rotatable bonds is 0. The normalized spacial score (nSPS) is 36.1. The van der Waals surface area contributed by atoms with Crippen molar-refractivity contribution in [2.24, 2.45) is 5.92 Å². The van der Waals surface area contributed by atoms with Crippen LogP contribution in [0, 0.1) is 5.92 Å². The Morgan fingerprint density at radius 1 is 1.13 bits per heavy atom. The molecular formula is C13H19NO. The van der Waals surface area contributed by atoms with Crippen LogP contribution in [0.2, 0.25) is 0 Å². The fraction of sp³-hybridized carbons (Fsp3) is 0.769. The van der Waals surface area contributed by atoms with Gasteiger partial charge in [0.05, 0.1) is 0 Å². The number of Topliss-reactive ketones (excluding diaryl/α,β-unsaturated/α-hetero) is 1. The van der Waals surface area contributed by atoms with Crippen LogP contribution in [-0.2, 0) is 4.79 Å². The van der Waals surface area contributed by atoms with E-state index in [9.17, 15) is 4.79 Å². The summed E-state index contributed by atoms with van der Waals surface area (Å²) >= 11 is 0. The average molecular weight is 205 g/mol. The third kappa shape index (κ3) is 1.65. The molecule has 0 aromatic rings. The minimum atomic E-state index is 0.459. The van der Waals surface area contributed by atoms with Gasteiger partial charge in [0.25, 0.3) is 0 Å². The number of hydrogen-bond acceptors (Lipinski definition) is 2. The summed E-state index contributed by atoms with van der Waals surface area (Å²) < 4.78 is 0. The molecule has 0 amide bonds. The Labute approximate surface area is 91.1 Å². The highest BCUT2D eigenvalue weighted by Gasteiger charge is 2.34. The van der Waals surface area contributed by atoms with Crippen molar-refractivity contribution in [3.63, 3.8) is 0 Å². The number of piperidine rings is 1. The summed E-state index contributed by atoms with van der Waals surface area (Å²) in [5.41, 5.74) is 2.72. The van der Waals surface area contributed by atoms with Gasteiger partial charge < -0.3 is 5.32 Å². The Morgan fingerprint density at radius 2 is 2.07 bits per heavy atom. The summed E-state index contributed by atoms with van der Waals surface area (Å²) in [6.45, 7) is 1.18. The second-order valence-electron chi connectivity index (χ2n) is 5.23. The molecule has 1 N–H and O–H groups in total. The van der Waals surface area contributed by atoms with Crippen LogP contribution in [0.1, 0.15) is 44.9 Å². The van der Waals surface area contributed by atoms with Crippen molar-refractivity contribution in [2.45, 2.75) is 51.0 Å². The maximum atomic E-state index is 11.8. The maximum Gasteiger partial charge on any atom is 0.158 e.